The number of allylic oxidation sites excluding steroid dienone is 3. The number of nitrogens with zero attached hydrogens (tertiary/aromatic N) is 2. The predicted molar refractivity (Wildman–Crippen MR) is 86.4 cm³/mol. The van der Waals surface area contributed by atoms with Gasteiger partial charge in [0.2, 0.25) is 0 Å². The van der Waals surface area contributed by atoms with Crippen molar-refractivity contribution in [1.82, 2.24) is 5.32 Å². The lowest BCUT2D eigenvalue weighted by atomic mass is 9.81. The fourth-order valence-electron chi connectivity index (χ4n) is 2.58. The third kappa shape index (κ3) is 3.05. The Morgan fingerprint density at radius 2 is 2.00 bits per heavy atom. The van der Waals surface area contributed by atoms with Gasteiger partial charge in [-0.3, -0.25) is 4.79 Å². The maximum Gasteiger partial charge on any atom is 0.158 e. The SMILES string of the molecule is CC(=O)C1=C(C)NC(SCC#N)=C(C#N)C1c1ccccc1. The van der Waals surface area contributed by atoms with Crippen molar-refractivity contribution in [2.45, 2.75) is 19.8 Å². The van der Waals surface area contributed by atoms with Crippen LogP contribution in [0, 0.1) is 22.7 Å². The molecule has 5 heteroatoms. The average molecular weight is 309 g/mol. The van der Waals surface area contributed by atoms with Crippen LogP contribution < -0.4 is 5.32 Å². The van der Waals surface area contributed by atoms with Gasteiger partial charge in [-0.05, 0) is 19.4 Å². The van der Waals surface area contributed by atoms with Crippen molar-refractivity contribution in [2.24, 2.45) is 0 Å². The molecule has 1 unspecified atom stereocenters. The van der Waals surface area contributed by atoms with Crippen LogP contribution in [-0.2, 0) is 4.79 Å². The molecule has 0 aliphatic carbocycles. The summed E-state index contributed by atoms with van der Waals surface area (Å²) in [4.78, 5) is 12.1. The molecule has 0 saturated heterocycles. The maximum absolute atomic E-state index is 12.1. The number of hydrogen-bond donors (Lipinski definition) is 1. The van der Waals surface area contributed by atoms with Gasteiger partial charge >= 0.3 is 0 Å². The number of hydrogen-bond acceptors (Lipinski definition) is 5. The van der Waals surface area contributed by atoms with Crippen molar-refractivity contribution in [3.8, 4) is 12.1 Å². The number of Topliss-reactive ketones (excluding diaryl/α,β-unsaturated/α-hetero) is 1. The second-order valence-corrected chi connectivity index (χ2v) is 5.85. The second kappa shape index (κ2) is 6.98. The van der Waals surface area contributed by atoms with E-state index >= 15 is 0 Å². The molecule has 22 heavy (non-hydrogen) atoms. The van der Waals surface area contributed by atoms with Gasteiger partial charge in [-0.1, -0.05) is 42.1 Å². The third-order valence-electron chi connectivity index (χ3n) is 3.44. The fraction of sp³-hybridized carbons (Fsp3) is 0.235. The van der Waals surface area contributed by atoms with E-state index in [0.29, 0.717) is 16.2 Å². The largest absolute Gasteiger partial charge is 0.353 e. The smallest absolute Gasteiger partial charge is 0.158 e. The number of rotatable bonds is 4. The standard InChI is InChI=1S/C17H15N3OS/c1-11-15(12(2)21)16(13-6-4-3-5-7-13)14(10-19)17(20-11)22-9-8-18/h3-7,16,20H,9H2,1-2H3. The minimum Gasteiger partial charge on any atom is -0.353 e. The van der Waals surface area contributed by atoms with Crippen molar-refractivity contribution < 1.29 is 4.79 Å². The molecule has 1 aromatic rings. The zero-order valence-corrected chi connectivity index (χ0v) is 13.2. The van der Waals surface area contributed by atoms with E-state index in [1.54, 1.807) is 0 Å². The van der Waals surface area contributed by atoms with Gasteiger partial charge in [0.25, 0.3) is 0 Å². The first-order valence-corrected chi connectivity index (χ1v) is 7.76. The molecule has 1 aliphatic heterocycles. The summed E-state index contributed by atoms with van der Waals surface area (Å²) in [6.07, 6.45) is 0. The van der Waals surface area contributed by atoms with Crippen LogP contribution >= 0.6 is 11.8 Å². The zero-order chi connectivity index (χ0) is 16.1. The summed E-state index contributed by atoms with van der Waals surface area (Å²) in [5.74, 6) is -0.195. The average Bonchev–Trinajstić information content (AvgIpc) is 2.52. The van der Waals surface area contributed by atoms with E-state index in [-0.39, 0.29) is 17.5 Å². The highest BCUT2D eigenvalue weighted by molar-refractivity contribution is 8.03. The van der Waals surface area contributed by atoms with Crippen LogP contribution in [0.5, 0.6) is 0 Å². The quantitative estimate of drug-likeness (QED) is 0.924. The molecule has 0 bridgehead atoms. The highest BCUT2D eigenvalue weighted by Gasteiger charge is 2.32. The number of nitrogens with one attached hydrogen (secondary N) is 1. The van der Waals surface area contributed by atoms with Crippen LogP contribution in [0.3, 0.4) is 0 Å². The minimum absolute atomic E-state index is 0.0593. The van der Waals surface area contributed by atoms with Gasteiger partial charge in [0.05, 0.1) is 34.4 Å². The summed E-state index contributed by atoms with van der Waals surface area (Å²) in [5.41, 5.74) is 2.73. The van der Waals surface area contributed by atoms with Crippen LogP contribution in [0.2, 0.25) is 0 Å². The van der Waals surface area contributed by atoms with Gasteiger partial charge in [0, 0.05) is 11.3 Å². The topological polar surface area (TPSA) is 76.7 Å². The molecule has 1 aliphatic rings. The second-order valence-electron chi connectivity index (χ2n) is 4.86. The normalized spacial score (nSPS) is 17.5. The van der Waals surface area contributed by atoms with E-state index in [0.717, 1.165) is 11.3 Å². The van der Waals surface area contributed by atoms with E-state index < -0.39 is 0 Å². The number of thioether (sulfide) groups is 1. The summed E-state index contributed by atoms with van der Waals surface area (Å²) in [7, 11) is 0. The Morgan fingerprint density at radius 1 is 1.32 bits per heavy atom. The van der Waals surface area contributed by atoms with Gasteiger partial charge in [-0.15, -0.1) is 0 Å². The molecule has 0 spiro atoms. The van der Waals surface area contributed by atoms with Crippen LogP contribution in [0.15, 0.2) is 52.2 Å². The first-order chi connectivity index (χ1) is 10.6. The Morgan fingerprint density at radius 3 is 2.55 bits per heavy atom. The number of carbonyl (C=O) groups is 1. The van der Waals surface area contributed by atoms with Crippen molar-refractivity contribution in [1.29, 1.82) is 10.5 Å². The van der Waals surface area contributed by atoms with Gasteiger partial charge < -0.3 is 5.32 Å². The molecule has 2 rings (SSSR count). The number of carbonyl (C=O) groups excluding carboxylic acids is 1. The number of nitriles is 2. The molecule has 1 atom stereocenters. The molecule has 1 aromatic carbocycles. The molecule has 1 N–H and O–H groups in total. The predicted octanol–water partition coefficient (Wildman–Crippen LogP) is 3.23. The van der Waals surface area contributed by atoms with Crippen molar-refractivity contribution in [3.05, 3.63) is 57.8 Å². The summed E-state index contributed by atoms with van der Waals surface area (Å²) >= 11 is 1.29. The highest BCUT2D eigenvalue weighted by Crippen LogP contribution is 2.40. The van der Waals surface area contributed by atoms with Crippen molar-refractivity contribution in [3.63, 3.8) is 0 Å². The van der Waals surface area contributed by atoms with Crippen molar-refractivity contribution in [2.75, 3.05) is 5.75 Å². The summed E-state index contributed by atoms with van der Waals surface area (Å²) in [6, 6.07) is 13.8. The Hall–Kier alpha value is -2.50. The number of ketones is 1. The molecular formula is C17H15N3OS. The monoisotopic (exact) mass is 309 g/mol. The van der Waals surface area contributed by atoms with E-state index in [1.165, 1.54) is 18.7 Å². The number of benzene rings is 1. The summed E-state index contributed by atoms with van der Waals surface area (Å²) in [6.45, 7) is 3.34. The molecule has 110 valence electrons. The minimum atomic E-state index is -0.383. The molecule has 0 amide bonds. The molecule has 0 fully saturated rings. The third-order valence-corrected chi connectivity index (χ3v) is 4.32. The van der Waals surface area contributed by atoms with Gasteiger partial charge in [-0.2, -0.15) is 10.5 Å². The lowest BCUT2D eigenvalue weighted by Crippen LogP contribution is -2.27. The Kier molecular flexibility index (Phi) is 5.04. The van der Waals surface area contributed by atoms with Crippen LogP contribution in [0.1, 0.15) is 25.3 Å². The molecule has 0 aromatic heterocycles. The van der Waals surface area contributed by atoms with Gasteiger partial charge in [0.15, 0.2) is 5.78 Å². The van der Waals surface area contributed by atoms with Crippen LogP contribution in [0.25, 0.3) is 0 Å². The fourth-order valence-corrected chi connectivity index (χ4v) is 3.33. The summed E-state index contributed by atoms with van der Waals surface area (Å²) in [5, 5.41) is 22.1. The van der Waals surface area contributed by atoms with Gasteiger partial charge in [0.1, 0.15) is 0 Å². The van der Waals surface area contributed by atoms with E-state index in [2.05, 4.69) is 17.5 Å². The van der Waals surface area contributed by atoms with Crippen molar-refractivity contribution >= 4 is 17.5 Å². The molecule has 0 radical (unpaired) electrons. The zero-order valence-electron chi connectivity index (χ0n) is 12.4. The lowest BCUT2D eigenvalue weighted by molar-refractivity contribution is -0.113. The van der Waals surface area contributed by atoms with E-state index in [1.807, 2.05) is 37.3 Å². The van der Waals surface area contributed by atoms with E-state index in [4.69, 9.17) is 5.26 Å². The molecule has 0 saturated carbocycles. The Balaban J connectivity index is 2.60. The van der Waals surface area contributed by atoms with E-state index in [9.17, 15) is 10.1 Å². The molecule has 4 nitrogen and oxygen atoms in total. The first kappa shape index (κ1) is 15.9. The number of dihydropyridines is 1. The Bertz CT molecular complexity index is 735. The maximum atomic E-state index is 12.1. The molecule has 1 heterocycles. The molecular weight excluding hydrogens is 294 g/mol. The highest BCUT2D eigenvalue weighted by atomic mass is 32.2. The van der Waals surface area contributed by atoms with Gasteiger partial charge in [-0.25, -0.2) is 0 Å². The Labute approximate surface area is 134 Å². The van der Waals surface area contributed by atoms with Crippen LogP contribution in [0.4, 0.5) is 0 Å². The first-order valence-electron chi connectivity index (χ1n) is 6.77. The lowest BCUT2D eigenvalue weighted by Gasteiger charge is -2.29. The van der Waals surface area contributed by atoms with Crippen LogP contribution in [-0.4, -0.2) is 11.5 Å². The summed E-state index contributed by atoms with van der Waals surface area (Å²) < 4.78 is 0.